The molecule has 2 aliphatic carbocycles. The zero-order chi connectivity index (χ0) is 19.7. The number of esters is 1. The van der Waals surface area contributed by atoms with Gasteiger partial charge >= 0.3 is 11.9 Å². The van der Waals surface area contributed by atoms with Crippen LogP contribution in [0.3, 0.4) is 0 Å². The number of aliphatic carboxylic acids is 1. The Labute approximate surface area is 158 Å². The van der Waals surface area contributed by atoms with Crippen molar-refractivity contribution in [1.29, 1.82) is 0 Å². The Morgan fingerprint density at radius 2 is 1.96 bits per heavy atom. The highest BCUT2D eigenvalue weighted by molar-refractivity contribution is 5.67. The number of rotatable bonds is 6. The van der Waals surface area contributed by atoms with E-state index in [1.807, 2.05) is 6.92 Å². The van der Waals surface area contributed by atoms with Gasteiger partial charge < -0.3 is 9.84 Å². The number of fused-ring (bicyclic) bond motifs is 1. The summed E-state index contributed by atoms with van der Waals surface area (Å²) in [6.07, 6.45) is 6.25. The van der Waals surface area contributed by atoms with E-state index in [0.717, 1.165) is 24.8 Å². The summed E-state index contributed by atoms with van der Waals surface area (Å²) in [6, 6.07) is 0. The van der Waals surface area contributed by atoms with Gasteiger partial charge in [-0.2, -0.15) is 0 Å². The normalized spacial score (nSPS) is 34.7. The Kier molecular flexibility index (Phi) is 6.24. The number of carbonyl (C=O) groups is 2. The summed E-state index contributed by atoms with van der Waals surface area (Å²) >= 11 is 0. The molecule has 2 fully saturated rings. The molecule has 0 amide bonds. The minimum Gasteiger partial charge on any atom is -0.481 e. The van der Waals surface area contributed by atoms with Crippen molar-refractivity contribution in [2.24, 2.45) is 28.6 Å². The van der Waals surface area contributed by atoms with Crippen molar-refractivity contribution in [3.63, 3.8) is 0 Å². The molecule has 4 nitrogen and oxygen atoms in total. The average Bonchev–Trinajstić information content (AvgIpc) is 2.47. The van der Waals surface area contributed by atoms with Gasteiger partial charge in [-0.25, -0.2) is 0 Å². The van der Waals surface area contributed by atoms with E-state index in [0.29, 0.717) is 5.92 Å². The molecule has 0 aromatic heterocycles. The van der Waals surface area contributed by atoms with Crippen molar-refractivity contribution in [2.75, 3.05) is 0 Å². The minimum atomic E-state index is -0.736. The number of carboxylic acids is 1. The van der Waals surface area contributed by atoms with E-state index in [4.69, 9.17) is 9.84 Å². The van der Waals surface area contributed by atoms with Crippen molar-refractivity contribution in [2.45, 2.75) is 85.7 Å². The van der Waals surface area contributed by atoms with Gasteiger partial charge in [0.15, 0.2) is 0 Å². The fourth-order valence-corrected chi connectivity index (χ4v) is 5.88. The van der Waals surface area contributed by atoms with Crippen LogP contribution in [0.5, 0.6) is 0 Å². The Bertz CT molecular complexity index is 564. The van der Waals surface area contributed by atoms with Crippen LogP contribution in [0.4, 0.5) is 0 Å². The van der Waals surface area contributed by atoms with Crippen LogP contribution >= 0.6 is 0 Å². The van der Waals surface area contributed by atoms with Gasteiger partial charge in [-0.15, -0.1) is 0 Å². The fourth-order valence-electron chi connectivity index (χ4n) is 5.88. The zero-order valence-electron chi connectivity index (χ0n) is 17.1. The molecule has 1 N–H and O–H groups in total. The van der Waals surface area contributed by atoms with Crippen LogP contribution in [0, 0.1) is 28.6 Å². The molecule has 2 saturated carbocycles. The summed E-state index contributed by atoms with van der Waals surface area (Å²) in [6.45, 7) is 14.9. The minimum absolute atomic E-state index is 0.146. The molecule has 4 heteroatoms. The molecule has 26 heavy (non-hydrogen) atoms. The van der Waals surface area contributed by atoms with Gasteiger partial charge in [0.1, 0.15) is 6.10 Å². The van der Waals surface area contributed by atoms with Crippen molar-refractivity contribution in [3.8, 4) is 0 Å². The molecule has 0 radical (unpaired) electrons. The Hall–Kier alpha value is -1.32. The Morgan fingerprint density at radius 1 is 1.31 bits per heavy atom. The number of ether oxygens (including phenoxy) is 1. The van der Waals surface area contributed by atoms with Crippen molar-refractivity contribution >= 4 is 11.9 Å². The van der Waals surface area contributed by atoms with Crippen LogP contribution in [0.1, 0.15) is 79.6 Å². The molecule has 0 saturated heterocycles. The van der Waals surface area contributed by atoms with Crippen molar-refractivity contribution in [1.82, 2.24) is 0 Å². The van der Waals surface area contributed by atoms with E-state index < -0.39 is 5.97 Å². The summed E-state index contributed by atoms with van der Waals surface area (Å²) in [5, 5.41) is 9.05. The molecule has 0 heterocycles. The standard InChI is InChI=1S/C22H36O4/c1-14(12-20(24)25)8-9-17-15(2)18(26-16(3)23)13-19-21(4,5)10-7-11-22(17,19)6/h14,17-19H,2,7-13H2,1,3-6H3,(H,24,25). The third-order valence-electron chi connectivity index (χ3n) is 7.16. The quantitative estimate of drug-likeness (QED) is 0.518. The first kappa shape index (κ1) is 21.0. The lowest BCUT2D eigenvalue weighted by Gasteiger charge is -2.59. The lowest BCUT2D eigenvalue weighted by Crippen LogP contribution is -2.53. The summed E-state index contributed by atoms with van der Waals surface area (Å²) < 4.78 is 5.66. The maximum Gasteiger partial charge on any atom is 0.303 e. The highest BCUT2D eigenvalue weighted by Gasteiger charge is 2.55. The van der Waals surface area contributed by atoms with E-state index in [1.54, 1.807) is 0 Å². The van der Waals surface area contributed by atoms with Gasteiger partial charge in [0.05, 0.1) is 0 Å². The van der Waals surface area contributed by atoms with Crippen LogP contribution in [0.15, 0.2) is 12.2 Å². The van der Waals surface area contributed by atoms with Crippen LogP contribution in [-0.2, 0) is 14.3 Å². The second-order valence-electron chi connectivity index (χ2n) is 9.64. The second-order valence-corrected chi connectivity index (χ2v) is 9.64. The predicted octanol–water partition coefficient (Wildman–Crippen LogP) is 5.22. The van der Waals surface area contributed by atoms with E-state index >= 15 is 0 Å². The Morgan fingerprint density at radius 3 is 2.54 bits per heavy atom. The summed E-state index contributed by atoms with van der Waals surface area (Å²) in [5.41, 5.74) is 1.41. The van der Waals surface area contributed by atoms with Gasteiger partial charge in [-0.1, -0.05) is 40.7 Å². The highest BCUT2D eigenvalue weighted by atomic mass is 16.5. The van der Waals surface area contributed by atoms with Gasteiger partial charge in [0, 0.05) is 13.3 Å². The molecular formula is C22H36O4. The van der Waals surface area contributed by atoms with Gasteiger partial charge in [0.2, 0.25) is 0 Å². The van der Waals surface area contributed by atoms with Crippen molar-refractivity contribution in [3.05, 3.63) is 12.2 Å². The summed E-state index contributed by atoms with van der Waals surface area (Å²) in [4.78, 5) is 22.6. The molecule has 0 spiro atoms. The molecule has 0 aromatic carbocycles. The van der Waals surface area contributed by atoms with Gasteiger partial charge in [-0.05, 0) is 66.3 Å². The third-order valence-corrected chi connectivity index (χ3v) is 7.16. The van der Waals surface area contributed by atoms with E-state index in [1.165, 1.54) is 26.2 Å². The SMILES string of the molecule is C=C1C(OC(C)=O)CC2C(C)(C)CCCC2(C)C1CCC(C)CC(=O)O. The summed E-state index contributed by atoms with van der Waals surface area (Å²) in [5.74, 6) is -0.0696. The van der Waals surface area contributed by atoms with Gasteiger partial charge in [-0.3, -0.25) is 9.59 Å². The van der Waals surface area contributed by atoms with Crippen LogP contribution in [0.25, 0.3) is 0 Å². The molecule has 5 unspecified atom stereocenters. The second kappa shape index (κ2) is 7.74. The predicted molar refractivity (Wildman–Crippen MR) is 103 cm³/mol. The van der Waals surface area contributed by atoms with Crippen molar-refractivity contribution < 1.29 is 19.4 Å². The number of carboxylic acid groups (broad SMARTS) is 1. The van der Waals surface area contributed by atoms with Crippen LogP contribution in [0.2, 0.25) is 0 Å². The van der Waals surface area contributed by atoms with Gasteiger partial charge in [0.25, 0.3) is 0 Å². The molecule has 148 valence electrons. The zero-order valence-corrected chi connectivity index (χ0v) is 17.1. The number of hydrogen-bond donors (Lipinski definition) is 1. The molecule has 2 aliphatic rings. The fraction of sp³-hybridized carbons (Fsp3) is 0.818. The number of hydrogen-bond acceptors (Lipinski definition) is 3. The lowest BCUT2D eigenvalue weighted by molar-refractivity contribution is -0.153. The average molecular weight is 365 g/mol. The van der Waals surface area contributed by atoms with E-state index in [9.17, 15) is 9.59 Å². The molecule has 2 rings (SSSR count). The molecular weight excluding hydrogens is 328 g/mol. The molecule has 0 aliphatic heterocycles. The smallest absolute Gasteiger partial charge is 0.303 e. The topological polar surface area (TPSA) is 63.6 Å². The monoisotopic (exact) mass is 364 g/mol. The number of carbonyl (C=O) groups excluding carboxylic acids is 1. The van der Waals surface area contributed by atoms with Crippen LogP contribution < -0.4 is 0 Å². The van der Waals surface area contributed by atoms with E-state index in [2.05, 4.69) is 27.4 Å². The first-order chi connectivity index (χ1) is 12.0. The summed E-state index contributed by atoms with van der Waals surface area (Å²) in [7, 11) is 0. The van der Waals surface area contributed by atoms with E-state index in [-0.39, 0.29) is 41.2 Å². The largest absolute Gasteiger partial charge is 0.481 e. The maximum atomic E-state index is 11.6. The lowest BCUT2D eigenvalue weighted by atomic mass is 9.46. The molecule has 0 aromatic rings. The first-order valence-electron chi connectivity index (χ1n) is 10.0. The highest BCUT2D eigenvalue weighted by Crippen LogP contribution is 2.62. The molecule has 0 bridgehead atoms. The molecule has 5 atom stereocenters. The third kappa shape index (κ3) is 4.32. The maximum absolute atomic E-state index is 11.6. The first-order valence-corrected chi connectivity index (χ1v) is 10.0. The van der Waals surface area contributed by atoms with Crippen LogP contribution in [-0.4, -0.2) is 23.1 Å². The Balaban J connectivity index is 2.26.